The van der Waals surface area contributed by atoms with Crippen LogP contribution in [-0.4, -0.2) is 17.8 Å². The predicted octanol–water partition coefficient (Wildman–Crippen LogP) is 5.65. The highest BCUT2D eigenvalue weighted by molar-refractivity contribution is 7.91. The number of nitrogens with zero attached hydrogens (tertiary/aromatic N) is 1. The molecule has 3 aromatic carbocycles. The Morgan fingerprint density at radius 3 is 2.02 bits per heavy atom. The van der Waals surface area contributed by atoms with E-state index in [-0.39, 0.29) is 40.4 Å². The fourth-order valence-corrected chi connectivity index (χ4v) is 7.29. The molecule has 2 aromatic heterocycles. The summed E-state index contributed by atoms with van der Waals surface area (Å²) in [5.41, 5.74) is 0.150. The molecule has 1 atom stereocenters. The summed E-state index contributed by atoms with van der Waals surface area (Å²) in [6.45, 7) is 3.91. The second kappa shape index (κ2) is 11.7. The first-order chi connectivity index (χ1) is 19.7. The molecule has 212 valence electrons. The third-order valence-electron chi connectivity index (χ3n) is 6.71. The molecular formula is C30H29N3O6S2. The Hall–Kier alpha value is -4.19. The lowest BCUT2D eigenvalue weighted by molar-refractivity contribution is 0.397. The summed E-state index contributed by atoms with van der Waals surface area (Å²) in [5, 5.41) is 18.3. The third kappa shape index (κ3) is 5.83. The first-order valence-electron chi connectivity index (χ1n) is 13.0. The van der Waals surface area contributed by atoms with E-state index in [1.54, 1.807) is 6.07 Å². The Balaban J connectivity index is 1.42. The average molecular weight is 592 g/mol. The number of hydrogen-bond donors (Lipinski definition) is 3. The molecule has 0 fully saturated rings. The van der Waals surface area contributed by atoms with Gasteiger partial charge in [-0.25, -0.2) is 8.42 Å². The number of hydrogen-bond acceptors (Lipinski definition) is 9. The molecule has 0 spiro atoms. The lowest BCUT2D eigenvalue weighted by Crippen LogP contribution is -2.37. The van der Waals surface area contributed by atoms with E-state index in [0.717, 1.165) is 22.5 Å². The maximum atomic E-state index is 13.9. The molecule has 5 rings (SSSR count). The monoisotopic (exact) mass is 591 g/mol. The number of nitrogens with one attached hydrogen (secondary N) is 2. The molecule has 3 N–H and O–H groups in total. The predicted molar refractivity (Wildman–Crippen MR) is 160 cm³/mol. The Bertz CT molecular complexity index is 1780. The Kier molecular flexibility index (Phi) is 8.11. The van der Waals surface area contributed by atoms with Gasteiger partial charge in [-0.15, -0.1) is 11.3 Å². The van der Waals surface area contributed by atoms with Gasteiger partial charge in [0.15, 0.2) is 9.96 Å². The van der Waals surface area contributed by atoms with Crippen molar-refractivity contribution in [1.82, 2.24) is 4.31 Å². The number of aromatic hydroxyl groups is 1. The van der Waals surface area contributed by atoms with Gasteiger partial charge in [-0.3, -0.25) is 9.59 Å². The van der Waals surface area contributed by atoms with Gasteiger partial charge < -0.3 is 20.2 Å². The van der Waals surface area contributed by atoms with Crippen molar-refractivity contribution >= 4 is 38.4 Å². The van der Waals surface area contributed by atoms with Crippen LogP contribution in [-0.2, 0) is 23.1 Å². The highest BCUT2D eigenvalue weighted by Crippen LogP contribution is 2.42. The highest BCUT2D eigenvalue weighted by Gasteiger charge is 2.32. The minimum atomic E-state index is -4.16. The van der Waals surface area contributed by atoms with E-state index in [4.69, 9.17) is 4.42 Å². The van der Waals surface area contributed by atoms with Crippen LogP contribution in [0.4, 0.5) is 17.1 Å². The van der Waals surface area contributed by atoms with Gasteiger partial charge in [0.25, 0.3) is 20.9 Å². The van der Waals surface area contributed by atoms with E-state index >= 15 is 0 Å². The fraction of sp³-hybridized carbons (Fsp3) is 0.200. The molecule has 9 nitrogen and oxygen atoms in total. The van der Waals surface area contributed by atoms with Crippen molar-refractivity contribution in [3.63, 3.8) is 0 Å². The summed E-state index contributed by atoms with van der Waals surface area (Å²) in [6.07, 6.45) is 0.579. The molecule has 2 heterocycles. The zero-order valence-electron chi connectivity index (χ0n) is 22.5. The van der Waals surface area contributed by atoms with E-state index in [2.05, 4.69) is 10.6 Å². The van der Waals surface area contributed by atoms with Crippen molar-refractivity contribution in [1.29, 1.82) is 0 Å². The van der Waals surface area contributed by atoms with Gasteiger partial charge in [0, 0.05) is 18.5 Å². The lowest BCUT2D eigenvalue weighted by Gasteiger charge is -2.22. The number of anilines is 3. The van der Waals surface area contributed by atoms with Crippen molar-refractivity contribution in [2.24, 2.45) is 0 Å². The summed E-state index contributed by atoms with van der Waals surface area (Å²) in [6, 6.07) is 21.6. The smallest absolute Gasteiger partial charge is 0.256 e. The van der Waals surface area contributed by atoms with Crippen LogP contribution >= 0.6 is 11.3 Å². The van der Waals surface area contributed by atoms with Gasteiger partial charge in [0.1, 0.15) is 22.9 Å². The molecule has 0 radical (unpaired) electrons. The van der Waals surface area contributed by atoms with Crippen LogP contribution in [0.25, 0.3) is 0 Å². The number of sulfonamides is 1. The summed E-state index contributed by atoms with van der Waals surface area (Å²) in [7, 11) is -4.16. The number of rotatable bonds is 12. The van der Waals surface area contributed by atoms with E-state index in [1.807, 2.05) is 80.6 Å². The van der Waals surface area contributed by atoms with Crippen LogP contribution < -0.4 is 21.5 Å². The molecule has 0 saturated carbocycles. The van der Waals surface area contributed by atoms with Gasteiger partial charge in [0.2, 0.25) is 0 Å². The SMILES string of the molecule is CC[C@@H](Nc1c(Nc2csc(S(=O)(=O)N(Cc3ccccc3)Cc3ccccc3)c2O)c(=O)c1=O)c1ccc(C)o1. The number of thiophene rings is 1. The first-order valence-corrected chi connectivity index (χ1v) is 15.3. The summed E-state index contributed by atoms with van der Waals surface area (Å²) < 4.78 is 34.4. The van der Waals surface area contributed by atoms with E-state index in [9.17, 15) is 23.1 Å². The van der Waals surface area contributed by atoms with Crippen LogP contribution in [0, 0.1) is 6.92 Å². The largest absolute Gasteiger partial charge is 0.504 e. The normalized spacial score (nSPS) is 12.6. The molecule has 0 amide bonds. The van der Waals surface area contributed by atoms with E-state index < -0.39 is 26.6 Å². The average Bonchev–Trinajstić information content (AvgIpc) is 3.58. The lowest BCUT2D eigenvalue weighted by atomic mass is 10.1. The molecular weight excluding hydrogens is 562 g/mol. The van der Waals surface area contributed by atoms with Gasteiger partial charge in [-0.2, -0.15) is 4.31 Å². The van der Waals surface area contributed by atoms with Crippen LogP contribution in [0.2, 0.25) is 0 Å². The second-order valence-corrected chi connectivity index (χ2v) is 12.6. The minimum Gasteiger partial charge on any atom is -0.504 e. The van der Waals surface area contributed by atoms with Crippen LogP contribution in [0.3, 0.4) is 0 Å². The molecule has 0 unspecified atom stereocenters. The Morgan fingerprint density at radius 2 is 1.49 bits per heavy atom. The molecule has 0 aliphatic carbocycles. The zero-order valence-corrected chi connectivity index (χ0v) is 24.1. The molecule has 0 aliphatic rings. The number of aryl methyl sites for hydroxylation is 1. The van der Waals surface area contributed by atoms with Gasteiger partial charge in [-0.05, 0) is 36.6 Å². The molecule has 0 saturated heterocycles. The van der Waals surface area contributed by atoms with Crippen molar-refractivity contribution in [3.05, 3.63) is 121 Å². The quantitative estimate of drug-likeness (QED) is 0.159. The first kappa shape index (κ1) is 28.3. The fourth-order valence-electron chi connectivity index (χ4n) is 4.50. The van der Waals surface area contributed by atoms with Gasteiger partial charge in [-0.1, -0.05) is 67.6 Å². The third-order valence-corrected chi connectivity index (χ3v) is 9.99. The van der Waals surface area contributed by atoms with Gasteiger partial charge >= 0.3 is 0 Å². The van der Waals surface area contributed by atoms with Gasteiger partial charge in [0.05, 0.1) is 11.7 Å². The molecule has 41 heavy (non-hydrogen) atoms. The molecule has 0 bridgehead atoms. The maximum Gasteiger partial charge on any atom is 0.256 e. The standard InChI is InChI=1S/C30H29N3O6S2/c1-3-22(24-15-14-19(2)39-24)31-25-26(29(36)28(25)35)32-23-18-40-30(27(23)34)41(37,38)33(16-20-10-6-4-7-11-20)17-21-12-8-5-9-13-21/h4-15,18,22,31-32,34H,3,16-17H2,1-2H3/t22-/m1/s1. The number of benzene rings is 2. The van der Waals surface area contributed by atoms with Crippen molar-refractivity contribution in [2.45, 2.75) is 43.6 Å². The maximum absolute atomic E-state index is 13.9. The summed E-state index contributed by atoms with van der Waals surface area (Å²) in [5.74, 6) is 0.815. The van der Waals surface area contributed by atoms with Crippen LogP contribution in [0.5, 0.6) is 5.75 Å². The van der Waals surface area contributed by atoms with E-state index in [0.29, 0.717) is 17.9 Å². The Labute approximate surface area is 241 Å². The molecule has 0 aliphatic heterocycles. The molecule has 5 aromatic rings. The van der Waals surface area contributed by atoms with Crippen molar-refractivity contribution in [3.8, 4) is 5.75 Å². The van der Waals surface area contributed by atoms with Crippen LogP contribution in [0.15, 0.2) is 96.4 Å². The second-order valence-electron chi connectivity index (χ2n) is 9.62. The Morgan fingerprint density at radius 1 is 0.902 bits per heavy atom. The summed E-state index contributed by atoms with van der Waals surface area (Å²) in [4.78, 5) is 24.9. The van der Waals surface area contributed by atoms with Crippen molar-refractivity contribution in [2.75, 3.05) is 10.6 Å². The molecule has 11 heteroatoms. The van der Waals surface area contributed by atoms with Crippen molar-refractivity contribution < 1.29 is 17.9 Å². The number of furan rings is 1. The topological polar surface area (TPSA) is 129 Å². The summed E-state index contributed by atoms with van der Waals surface area (Å²) >= 11 is 0.834. The minimum absolute atomic E-state index is 0.0185. The van der Waals surface area contributed by atoms with Crippen LogP contribution in [0.1, 0.15) is 42.0 Å². The van der Waals surface area contributed by atoms with E-state index in [1.165, 1.54) is 9.69 Å². The zero-order chi connectivity index (χ0) is 29.1. The highest BCUT2D eigenvalue weighted by atomic mass is 32.2.